The van der Waals surface area contributed by atoms with Gasteiger partial charge in [-0.2, -0.15) is 0 Å². The Balaban J connectivity index is 2.09. The molecule has 0 aliphatic carbocycles. The van der Waals surface area contributed by atoms with Crippen LogP contribution in [0.15, 0.2) is 23.1 Å². The van der Waals surface area contributed by atoms with Crippen molar-refractivity contribution in [2.24, 2.45) is 0 Å². The predicted molar refractivity (Wildman–Crippen MR) is 82.8 cm³/mol. The second-order valence-corrected chi connectivity index (χ2v) is 9.22. The summed E-state index contributed by atoms with van der Waals surface area (Å²) in [5, 5.41) is 3.22. The van der Waals surface area contributed by atoms with Crippen molar-refractivity contribution in [2.45, 2.75) is 24.7 Å². The Kier molecular flexibility index (Phi) is 4.90. The van der Waals surface area contributed by atoms with Crippen molar-refractivity contribution < 1.29 is 16.8 Å². The van der Waals surface area contributed by atoms with Gasteiger partial charge in [0.15, 0.2) is 9.84 Å². The minimum absolute atomic E-state index is 0.0131. The van der Waals surface area contributed by atoms with Crippen LogP contribution in [0.2, 0.25) is 0 Å². The van der Waals surface area contributed by atoms with Gasteiger partial charge in [-0.3, -0.25) is 0 Å². The highest BCUT2D eigenvalue weighted by Gasteiger charge is 2.18. The second-order valence-electron chi connectivity index (χ2n) is 4.98. The Hall–Kier alpha value is -1.12. The number of hydrogen-bond donors (Lipinski definition) is 2. The lowest BCUT2D eigenvalue weighted by Crippen LogP contribution is -2.30. The van der Waals surface area contributed by atoms with E-state index in [1.807, 2.05) is 0 Å². The zero-order valence-electron chi connectivity index (χ0n) is 11.9. The smallest absolute Gasteiger partial charge is 0.240 e. The van der Waals surface area contributed by atoms with Gasteiger partial charge in [-0.15, -0.1) is 0 Å². The highest BCUT2D eigenvalue weighted by Crippen LogP contribution is 2.24. The maximum absolute atomic E-state index is 12.2. The maximum atomic E-state index is 12.2. The molecule has 1 aliphatic heterocycles. The lowest BCUT2D eigenvalue weighted by Gasteiger charge is -2.18. The first kappa shape index (κ1) is 16.3. The van der Waals surface area contributed by atoms with Crippen LogP contribution in [0.1, 0.15) is 18.9 Å². The minimum atomic E-state index is -3.67. The van der Waals surface area contributed by atoms with Gasteiger partial charge in [0.2, 0.25) is 10.0 Å². The lowest BCUT2D eigenvalue weighted by atomic mass is 10.0. The van der Waals surface area contributed by atoms with E-state index in [1.165, 1.54) is 6.07 Å². The van der Waals surface area contributed by atoms with Crippen LogP contribution < -0.4 is 10.0 Å². The Morgan fingerprint density at radius 2 is 2.00 bits per heavy atom. The fourth-order valence-corrected chi connectivity index (χ4v) is 4.09. The van der Waals surface area contributed by atoms with Crippen molar-refractivity contribution in [1.29, 1.82) is 0 Å². The van der Waals surface area contributed by atoms with Gasteiger partial charge in [0.05, 0.1) is 10.6 Å². The van der Waals surface area contributed by atoms with Crippen LogP contribution >= 0.6 is 0 Å². The molecule has 2 rings (SSSR count). The molecule has 118 valence electrons. The molecule has 6 nitrogen and oxygen atoms in total. The van der Waals surface area contributed by atoms with E-state index in [0.717, 1.165) is 30.6 Å². The first-order valence-corrected chi connectivity index (χ1v) is 10.2. The van der Waals surface area contributed by atoms with Gasteiger partial charge in [-0.25, -0.2) is 21.6 Å². The number of sulfonamides is 1. The number of nitrogens with one attached hydrogen (secondary N) is 2. The van der Waals surface area contributed by atoms with Gasteiger partial charge >= 0.3 is 0 Å². The summed E-state index contributed by atoms with van der Waals surface area (Å²) >= 11 is 0. The van der Waals surface area contributed by atoms with Gasteiger partial charge in [0.25, 0.3) is 0 Å². The third-order valence-electron chi connectivity index (χ3n) is 3.47. The molecule has 0 amide bonds. The van der Waals surface area contributed by atoms with Crippen molar-refractivity contribution in [3.8, 4) is 0 Å². The van der Waals surface area contributed by atoms with E-state index in [4.69, 9.17) is 0 Å². The van der Waals surface area contributed by atoms with Crippen LogP contribution in [0.3, 0.4) is 0 Å². The standard InChI is InChI=1S/C13H20N2O4S2/c1-2-20(16,17)9-8-15-21(18,19)12-5-6-13-11(10-12)4-3-7-14-13/h5-6,10,14-15H,2-4,7-9H2,1H3. The van der Waals surface area contributed by atoms with Gasteiger partial charge in [0, 0.05) is 24.5 Å². The SMILES string of the molecule is CCS(=O)(=O)CCNS(=O)(=O)c1ccc2c(c1)CCCN2. The van der Waals surface area contributed by atoms with Crippen molar-refractivity contribution >= 4 is 25.5 Å². The molecule has 0 saturated carbocycles. The van der Waals surface area contributed by atoms with Crippen molar-refractivity contribution in [1.82, 2.24) is 4.72 Å². The highest BCUT2D eigenvalue weighted by atomic mass is 32.2. The van der Waals surface area contributed by atoms with E-state index in [0.29, 0.717) is 0 Å². The molecule has 21 heavy (non-hydrogen) atoms. The van der Waals surface area contributed by atoms with Gasteiger partial charge in [0.1, 0.15) is 0 Å². The summed E-state index contributed by atoms with van der Waals surface area (Å²) in [6, 6.07) is 4.94. The minimum Gasteiger partial charge on any atom is -0.385 e. The van der Waals surface area contributed by atoms with Crippen molar-refractivity contribution in [3.63, 3.8) is 0 Å². The second kappa shape index (κ2) is 6.33. The number of hydrogen-bond acceptors (Lipinski definition) is 5. The molecule has 8 heteroatoms. The molecule has 0 atom stereocenters. The maximum Gasteiger partial charge on any atom is 0.240 e. The van der Waals surface area contributed by atoms with E-state index in [-0.39, 0.29) is 22.9 Å². The summed E-state index contributed by atoms with van der Waals surface area (Å²) in [6.45, 7) is 2.33. The summed E-state index contributed by atoms with van der Waals surface area (Å²) in [6.07, 6.45) is 1.81. The van der Waals surface area contributed by atoms with Crippen LogP contribution in [0.5, 0.6) is 0 Å². The van der Waals surface area contributed by atoms with E-state index < -0.39 is 19.9 Å². The predicted octanol–water partition coefficient (Wildman–Crippen LogP) is 0.758. The topological polar surface area (TPSA) is 92.3 Å². The first-order chi connectivity index (χ1) is 9.84. The van der Waals surface area contributed by atoms with E-state index in [1.54, 1.807) is 19.1 Å². The van der Waals surface area contributed by atoms with Crippen LogP contribution in [0, 0.1) is 0 Å². The summed E-state index contributed by atoms with van der Waals surface area (Å²) in [5.41, 5.74) is 1.94. The van der Waals surface area contributed by atoms with Crippen LogP contribution in [0.25, 0.3) is 0 Å². The molecular formula is C13H20N2O4S2. The largest absolute Gasteiger partial charge is 0.385 e. The molecule has 0 saturated heterocycles. The third kappa shape index (κ3) is 4.18. The zero-order valence-corrected chi connectivity index (χ0v) is 13.6. The van der Waals surface area contributed by atoms with Crippen LogP contribution in [-0.2, 0) is 26.3 Å². The van der Waals surface area contributed by atoms with E-state index in [9.17, 15) is 16.8 Å². The Morgan fingerprint density at radius 3 is 2.71 bits per heavy atom. The number of benzene rings is 1. The molecule has 1 aromatic rings. The lowest BCUT2D eigenvalue weighted by molar-refractivity contribution is 0.581. The van der Waals surface area contributed by atoms with Gasteiger partial charge in [-0.05, 0) is 36.6 Å². The van der Waals surface area contributed by atoms with Gasteiger partial charge < -0.3 is 5.32 Å². The van der Waals surface area contributed by atoms with Crippen molar-refractivity contribution in [3.05, 3.63) is 23.8 Å². The molecule has 0 bridgehead atoms. The fraction of sp³-hybridized carbons (Fsp3) is 0.538. The summed E-state index contributed by atoms with van der Waals surface area (Å²) in [7, 11) is -6.84. The molecule has 0 fully saturated rings. The van der Waals surface area contributed by atoms with Crippen molar-refractivity contribution in [2.75, 3.05) is 29.9 Å². The monoisotopic (exact) mass is 332 g/mol. The number of anilines is 1. The van der Waals surface area contributed by atoms with E-state index in [2.05, 4.69) is 10.0 Å². The average Bonchev–Trinajstić information content (AvgIpc) is 2.46. The highest BCUT2D eigenvalue weighted by molar-refractivity contribution is 7.91. The molecule has 1 aromatic carbocycles. The zero-order chi connectivity index (χ0) is 15.5. The Labute approximate surface area is 125 Å². The first-order valence-electron chi connectivity index (χ1n) is 6.91. The summed E-state index contributed by atoms with van der Waals surface area (Å²) in [4.78, 5) is 0.179. The quantitative estimate of drug-likeness (QED) is 0.802. The molecule has 0 spiro atoms. The summed E-state index contributed by atoms with van der Waals surface area (Å²) < 4.78 is 49.4. The number of fused-ring (bicyclic) bond motifs is 1. The number of rotatable bonds is 6. The van der Waals surface area contributed by atoms with E-state index >= 15 is 0 Å². The molecule has 0 unspecified atom stereocenters. The van der Waals surface area contributed by atoms with Crippen LogP contribution in [0.4, 0.5) is 5.69 Å². The molecule has 1 heterocycles. The van der Waals surface area contributed by atoms with Crippen LogP contribution in [-0.4, -0.2) is 41.4 Å². The molecule has 0 radical (unpaired) electrons. The molecule has 2 N–H and O–H groups in total. The molecular weight excluding hydrogens is 312 g/mol. The molecule has 0 aromatic heterocycles. The normalized spacial score (nSPS) is 15.3. The molecule has 1 aliphatic rings. The third-order valence-corrected chi connectivity index (χ3v) is 6.63. The number of sulfone groups is 1. The Bertz CT molecular complexity index is 712. The number of aryl methyl sites for hydroxylation is 1. The fourth-order valence-electron chi connectivity index (χ4n) is 2.18. The average molecular weight is 332 g/mol. The Morgan fingerprint density at radius 1 is 1.24 bits per heavy atom. The van der Waals surface area contributed by atoms with Gasteiger partial charge in [-0.1, -0.05) is 6.92 Å². The summed E-state index contributed by atoms with van der Waals surface area (Å²) in [5.74, 6) is -0.172.